The summed E-state index contributed by atoms with van der Waals surface area (Å²) in [5.74, 6) is -0.0704. The van der Waals surface area contributed by atoms with Crippen LogP contribution >= 0.6 is 0 Å². The molecule has 1 aromatic heterocycles. The number of nitrogens with zero attached hydrogens (tertiary/aromatic N) is 4. The maximum Gasteiger partial charge on any atom is 0.276 e. The summed E-state index contributed by atoms with van der Waals surface area (Å²) < 4.78 is 1.67. The summed E-state index contributed by atoms with van der Waals surface area (Å²) in [6, 6.07) is 7.58. The standard InChI is InChI=1S/C19H24N4O2/c1-4-17(24)16-7-5-6-12-22(16)19(25)18-14(3)23(21-20-18)15-10-8-13(2)9-11-15/h8-11,16H,4-7,12H2,1-3H3. The van der Waals surface area contributed by atoms with Crippen molar-refractivity contribution in [1.82, 2.24) is 19.9 Å². The van der Waals surface area contributed by atoms with Gasteiger partial charge in [0.15, 0.2) is 11.5 Å². The Morgan fingerprint density at radius 3 is 2.56 bits per heavy atom. The molecule has 1 amide bonds. The van der Waals surface area contributed by atoms with Crippen molar-refractivity contribution in [2.75, 3.05) is 6.54 Å². The fourth-order valence-corrected chi connectivity index (χ4v) is 3.34. The van der Waals surface area contributed by atoms with Gasteiger partial charge in [0.05, 0.1) is 17.4 Å². The zero-order chi connectivity index (χ0) is 18.0. The van der Waals surface area contributed by atoms with Gasteiger partial charge in [0, 0.05) is 13.0 Å². The van der Waals surface area contributed by atoms with E-state index in [-0.39, 0.29) is 17.7 Å². The highest BCUT2D eigenvalue weighted by molar-refractivity contribution is 5.97. The Morgan fingerprint density at radius 2 is 1.88 bits per heavy atom. The molecule has 1 fully saturated rings. The van der Waals surface area contributed by atoms with Gasteiger partial charge >= 0.3 is 0 Å². The van der Waals surface area contributed by atoms with Gasteiger partial charge in [-0.05, 0) is 45.2 Å². The highest BCUT2D eigenvalue weighted by Gasteiger charge is 2.33. The number of hydrogen-bond acceptors (Lipinski definition) is 4. The summed E-state index contributed by atoms with van der Waals surface area (Å²) in [4.78, 5) is 26.9. The van der Waals surface area contributed by atoms with Crippen molar-refractivity contribution < 1.29 is 9.59 Å². The average molecular weight is 340 g/mol. The van der Waals surface area contributed by atoms with Crippen LogP contribution in [0.25, 0.3) is 5.69 Å². The number of likely N-dealkylation sites (tertiary alicyclic amines) is 1. The molecule has 0 bridgehead atoms. The average Bonchev–Trinajstić information content (AvgIpc) is 3.02. The molecule has 0 N–H and O–H groups in total. The minimum absolute atomic E-state index is 0.122. The number of piperidine rings is 1. The van der Waals surface area contributed by atoms with E-state index in [1.54, 1.807) is 9.58 Å². The molecule has 1 aliphatic heterocycles. The van der Waals surface area contributed by atoms with Gasteiger partial charge in [0.25, 0.3) is 5.91 Å². The quantitative estimate of drug-likeness (QED) is 0.858. The number of Topliss-reactive ketones (excluding diaryl/α,β-unsaturated/α-hetero) is 1. The molecule has 0 spiro atoms. The molecular weight excluding hydrogens is 316 g/mol. The zero-order valence-electron chi connectivity index (χ0n) is 15.0. The van der Waals surface area contributed by atoms with Gasteiger partial charge in [-0.1, -0.05) is 29.8 Å². The van der Waals surface area contributed by atoms with E-state index in [0.29, 0.717) is 24.4 Å². The smallest absolute Gasteiger partial charge is 0.276 e. The molecule has 1 atom stereocenters. The molecule has 1 unspecified atom stereocenters. The van der Waals surface area contributed by atoms with Crippen LogP contribution in [0.15, 0.2) is 24.3 Å². The van der Waals surface area contributed by atoms with Crippen LogP contribution in [0.3, 0.4) is 0 Å². The Hall–Kier alpha value is -2.50. The van der Waals surface area contributed by atoms with E-state index in [2.05, 4.69) is 10.3 Å². The Kier molecular flexibility index (Phi) is 4.97. The summed E-state index contributed by atoms with van der Waals surface area (Å²) in [5, 5.41) is 8.28. The number of hydrogen-bond donors (Lipinski definition) is 0. The van der Waals surface area contributed by atoms with Crippen molar-refractivity contribution in [3.05, 3.63) is 41.2 Å². The highest BCUT2D eigenvalue weighted by Crippen LogP contribution is 2.22. The number of ketones is 1. The molecule has 2 heterocycles. The van der Waals surface area contributed by atoms with Gasteiger partial charge in [0.1, 0.15) is 0 Å². The van der Waals surface area contributed by atoms with E-state index in [0.717, 1.165) is 30.5 Å². The number of rotatable bonds is 4. The first-order valence-electron chi connectivity index (χ1n) is 8.86. The summed E-state index contributed by atoms with van der Waals surface area (Å²) in [7, 11) is 0. The minimum Gasteiger partial charge on any atom is -0.327 e. The Balaban J connectivity index is 1.89. The molecule has 2 aromatic rings. The van der Waals surface area contributed by atoms with Gasteiger partial charge in [-0.15, -0.1) is 5.10 Å². The van der Waals surface area contributed by atoms with E-state index >= 15 is 0 Å². The normalized spacial score (nSPS) is 17.6. The summed E-state index contributed by atoms with van der Waals surface area (Å²) >= 11 is 0. The second-order valence-corrected chi connectivity index (χ2v) is 6.60. The van der Waals surface area contributed by atoms with Crippen LogP contribution in [-0.2, 0) is 4.79 Å². The Bertz CT molecular complexity index is 779. The summed E-state index contributed by atoms with van der Waals surface area (Å²) in [6.07, 6.45) is 3.09. The SMILES string of the molecule is CCC(=O)C1CCCCN1C(=O)c1nnn(-c2ccc(C)cc2)c1C. The number of aryl methyl sites for hydroxylation is 1. The number of benzene rings is 1. The van der Waals surface area contributed by atoms with Crippen LogP contribution in [0.5, 0.6) is 0 Å². The second kappa shape index (κ2) is 7.17. The molecule has 3 rings (SSSR count). The number of amides is 1. The van der Waals surface area contributed by atoms with Crippen LogP contribution in [0, 0.1) is 13.8 Å². The van der Waals surface area contributed by atoms with Crippen molar-refractivity contribution in [3.63, 3.8) is 0 Å². The van der Waals surface area contributed by atoms with Crippen LogP contribution in [0.2, 0.25) is 0 Å². The topological polar surface area (TPSA) is 68.1 Å². The third-order valence-corrected chi connectivity index (χ3v) is 4.86. The van der Waals surface area contributed by atoms with E-state index in [1.165, 1.54) is 0 Å². The zero-order valence-corrected chi connectivity index (χ0v) is 15.0. The molecule has 6 heteroatoms. The van der Waals surface area contributed by atoms with Crippen LogP contribution in [0.1, 0.15) is 54.4 Å². The minimum atomic E-state index is -0.324. The van der Waals surface area contributed by atoms with E-state index in [4.69, 9.17) is 0 Å². The van der Waals surface area contributed by atoms with E-state index < -0.39 is 0 Å². The first kappa shape index (κ1) is 17.3. The van der Waals surface area contributed by atoms with Crippen LogP contribution in [0.4, 0.5) is 0 Å². The van der Waals surface area contributed by atoms with Crippen LogP contribution < -0.4 is 0 Å². The molecule has 25 heavy (non-hydrogen) atoms. The monoisotopic (exact) mass is 340 g/mol. The van der Waals surface area contributed by atoms with Crippen molar-refractivity contribution >= 4 is 11.7 Å². The van der Waals surface area contributed by atoms with E-state index in [9.17, 15) is 9.59 Å². The van der Waals surface area contributed by atoms with Crippen molar-refractivity contribution in [3.8, 4) is 5.69 Å². The predicted molar refractivity (Wildman–Crippen MR) is 94.8 cm³/mol. The summed E-state index contributed by atoms with van der Waals surface area (Å²) in [5.41, 5.74) is 3.06. The van der Waals surface area contributed by atoms with Gasteiger partial charge in [-0.3, -0.25) is 9.59 Å². The maximum absolute atomic E-state index is 13.0. The first-order valence-corrected chi connectivity index (χ1v) is 8.86. The molecule has 0 aliphatic carbocycles. The predicted octanol–water partition coefficient (Wildman–Crippen LogP) is 2.86. The molecule has 6 nitrogen and oxygen atoms in total. The Labute approximate surface area is 147 Å². The lowest BCUT2D eigenvalue weighted by atomic mass is 9.96. The van der Waals surface area contributed by atoms with Crippen molar-refractivity contribution in [1.29, 1.82) is 0 Å². The molecule has 1 aromatic carbocycles. The van der Waals surface area contributed by atoms with Gasteiger partial charge in [-0.25, -0.2) is 4.68 Å². The largest absolute Gasteiger partial charge is 0.327 e. The lowest BCUT2D eigenvalue weighted by Gasteiger charge is -2.34. The second-order valence-electron chi connectivity index (χ2n) is 6.60. The fourth-order valence-electron chi connectivity index (χ4n) is 3.34. The lowest BCUT2D eigenvalue weighted by molar-refractivity contribution is -0.124. The first-order chi connectivity index (χ1) is 12.0. The third kappa shape index (κ3) is 3.34. The number of carbonyl (C=O) groups excluding carboxylic acids is 2. The Morgan fingerprint density at radius 1 is 1.16 bits per heavy atom. The number of aromatic nitrogens is 3. The van der Waals surface area contributed by atoms with Crippen molar-refractivity contribution in [2.24, 2.45) is 0 Å². The molecule has 132 valence electrons. The third-order valence-electron chi connectivity index (χ3n) is 4.86. The highest BCUT2D eigenvalue weighted by atomic mass is 16.2. The molecule has 0 radical (unpaired) electrons. The lowest BCUT2D eigenvalue weighted by Crippen LogP contribution is -2.48. The van der Waals surface area contributed by atoms with Crippen LogP contribution in [-0.4, -0.2) is 44.2 Å². The van der Waals surface area contributed by atoms with Gasteiger partial charge < -0.3 is 4.90 Å². The van der Waals surface area contributed by atoms with Gasteiger partial charge in [0.2, 0.25) is 0 Å². The fraction of sp³-hybridized carbons (Fsp3) is 0.474. The molecule has 1 aliphatic rings. The molecule has 1 saturated heterocycles. The van der Waals surface area contributed by atoms with E-state index in [1.807, 2.05) is 45.0 Å². The summed E-state index contributed by atoms with van der Waals surface area (Å²) in [6.45, 7) is 6.31. The molecular formula is C19H24N4O2. The molecule has 0 saturated carbocycles. The maximum atomic E-state index is 13.0. The van der Waals surface area contributed by atoms with Crippen molar-refractivity contribution in [2.45, 2.75) is 52.5 Å². The van der Waals surface area contributed by atoms with Gasteiger partial charge in [-0.2, -0.15) is 0 Å². The number of carbonyl (C=O) groups is 2.